The Morgan fingerprint density at radius 1 is 1.25 bits per heavy atom. The van der Waals surface area contributed by atoms with Gasteiger partial charge in [0.05, 0.1) is 6.04 Å². The molecular weight excluding hydrogens is 307 g/mol. The van der Waals surface area contributed by atoms with Crippen LogP contribution in [0, 0.1) is 17.7 Å². The highest BCUT2D eigenvalue weighted by Gasteiger charge is 2.30. The minimum Gasteiger partial charge on any atom is -0.396 e. The summed E-state index contributed by atoms with van der Waals surface area (Å²) in [5.74, 6) is 0.111. The standard InChI is InChI=1S/C19H25FN2O2/c20-17-8-4-3-7-16(17)18(14-5-1-2-6-14)22-19(24)21-15-10-9-13(11-15)12-23/h3-4,7-10,13-15,18,23H,1-2,5-6,11-12H2,(H2,21,22,24)/t13-,15+,18?/m0/s1. The molecule has 3 N–H and O–H groups in total. The molecule has 0 aromatic heterocycles. The molecule has 1 aromatic rings. The Hall–Kier alpha value is -1.88. The van der Waals surface area contributed by atoms with Crippen molar-refractivity contribution in [1.29, 1.82) is 0 Å². The van der Waals surface area contributed by atoms with E-state index in [4.69, 9.17) is 5.11 Å². The first-order valence-electron chi connectivity index (χ1n) is 8.78. The summed E-state index contributed by atoms with van der Waals surface area (Å²) in [5, 5.41) is 15.1. The first kappa shape index (κ1) is 17.0. The van der Waals surface area contributed by atoms with E-state index in [0.29, 0.717) is 12.0 Å². The van der Waals surface area contributed by atoms with E-state index >= 15 is 0 Å². The second-order valence-electron chi connectivity index (χ2n) is 6.83. The lowest BCUT2D eigenvalue weighted by Crippen LogP contribution is -2.44. The van der Waals surface area contributed by atoms with Crippen molar-refractivity contribution in [2.24, 2.45) is 11.8 Å². The number of benzene rings is 1. The normalized spacial score (nSPS) is 24.9. The van der Waals surface area contributed by atoms with Crippen molar-refractivity contribution in [1.82, 2.24) is 10.6 Å². The Kier molecular flexibility index (Phi) is 5.51. The van der Waals surface area contributed by atoms with Crippen molar-refractivity contribution in [2.45, 2.75) is 44.2 Å². The van der Waals surface area contributed by atoms with Crippen LogP contribution in [-0.4, -0.2) is 23.8 Å². The van der Waals surface area contributed by atoms with Crippen molar-refractivity contribution >= 4 is 6.03 Å². The van der Waals surface area contributed by atoms with E-state index in [1.165, 1.54) is 6.07 Å². The topological polar surface area (TPSA) is 61.4 Å². The molecule has 2 aliphatic rings. The SMILES string of the molecule is O=C(NC(c1ccccc1F)C1CCCC1)N[C@@H]1C=C[C@H](CO)C1. The van der Waals surface area contributed by atoms with Gasteiger partial charge in [-0.05, 0) is 31.2 Å². The van der Waals surface area contributed by atoms with Crippen LogP contribution in [0.3, 0.4) is 0 Å². The van der Waals surface area contributed by atoms with Gasteiger partial charge < -0.3 is 15.7 Å². The Morgan fingerprint density at radius 3 is 2.67 bits per heavy atom. The summed E-state index contributed by atoms with van der Waals surface area (Å²) in [6, 6.07) is 6.04. The van der Waals surface area contributed by atoms with Crippen LogP contribution in [0.25, 0.3) is 0 Å². The quantitative estimate of drug-likeness (QED) is 0.725. The van der Waals surface area contributed by atoms with Crippen LogP contribution < -0.4 is 10.6 Å². The molecule has 0 heterocycles. The van der Waals surface area contributed by atoms with Gasteiger partial charge in [0.1, 0.15) is 5.82 Å². The number of aliphatic hydroxyl groups excluding tert-OH is 1. The van der Waals surface area contributed by atoms with Crippen molar-refractivity contribution in [2.75, 3.05) is 6.61 Å². The highest BCUT2D eigenvalue weighted by Crippen LogP contribution is 2.36. The Bertz CT molecular complexity index is 599. The van der Waals surface area contributed by atoms with E-state index in [1.807, 2.05) is 18.2 Å². The van der Waals surface area contributed by atoms with Crippen LogP contribution in [0.5, 0.6) is 0 Å². The number of hydrogen-bond donors (Lipinski definition) is 3. The monoisotopic (exact) mass is 332 g/mol. The molecule has 1 unspecified atom stereocenters. The average Bonchev–Trinajstić information content (AvgIpc) is 3.25. The first-order valence-corrected chi connectivity index (χ1v) is 8.78. The average molecular weight is 332 g/mol. The van der Waals surface area contributed by atoms with Gasteiger partial charge in [-0.15, -0.1) is 0 Å². The van der Waals surface area contributed by atoms with E-state index in [0.717, 1.165) is 25.7 Å². The molecule has 1 saturated carbocycles. The molecule has 2 amide bonds. The third kappa shape index (κ3) is 3.96. The minimum absolute atomic E-state index is 0.0769. The second-order valence-corrected chi connectivity index (χ2v) is 6.83. The molecular formula is C19H25FN2O2. The van der Waals surface area contributed by atoms with Gasteiger partial charge in [0.15, 0.2) is 0 Å². The number of nitrogens with one attached hydrogen (secondary N) is 2. The van der Waals surface area contributed by atoms with E-state index < -0.39 is 0 Å². The molecule has 130 valence electrons. The lowest BCUT2D eigenvalue weighted by Gasteiger charge is -2.26. The van der Waals surface area contributed by atoms with Gasteiger partial charge >= 0.3 is 6.03 Å². The van der Waals surface area contributed by atoms with Crippen LogP contribution in [0.1, 0.15) is 43.7 Å². The zero-order valence-electron chi connectivity index (χ0n) is 13.7. The highest BCUT2D eigenvalue weighted by molar-refractivity contribution is 5.75. The van der Waals surface area contributed by atoms with E-state index in [2.05, 4.69) is 10.6 Å². The number of urea groups is 1. The minimum atomic E-state index is -0.298. The van der Waals surface area contributed by atoms with Gasteiger partial charge in [-0.3, -0.25) is 0 Å². The summed E-state index contributed by atoms with van der Waals surface area (Å²) in [7, 11) is 0. The Labute approximate surface area is 142 Å². The number of carbonyl (C=O) groups excluding carboxylic acids is 1. The van der Waals surface area contributed by atoms with Crippen molar-refractivity contribution in [3.8, 4) is 0 Å². The molecule has 0 spiro atoms. The molecule has 5 heteroatoms. The van der Waals surface area contributed by atoms with Crippen LogP contribution in [0.4, 0.5) is 9.18 Å². The fraction of sp³-hybridized carbons (Fsp3) is 0.526. The lowest BCUT2D eigenvalue weighted by atomic mass is 9.91. The largest absolute Gasteiger partial charge is 0.396 e. The number of aliphatic hydroxyl groups is 1. The number of amides is 2. The maximum atomic E-state index is 14.2. The number of halogens is 1. The number of hydrogen-bond acceptors (Lipinski definition) is 2. The zero-order valence-corrected chi connectivity index (χ0v) is 13.7. The van der Waals surface area contributed by atoms with Gasteiger partial charge in [-0.1, -0.05) is 43.2 Å². The summed E-state index contributed by atoms with van der Waals surface area (Å²) >= 11 is 0. The maximum absolute atomic E-state index is 14.2. The maximum Gasteiger partial charge on any atom is 0.315 e. The van der Waals surface area contributed by atoms with Gasteiger partial charge in [0, 0.05) is 24.1 Å². The van der Waals surface area contributed by atoms with Crippen molar-refractivity contribution in [3.05, 3.63) is 47.8 Å². The van der Waals surface area contributed by atoms with Crippen LogP contribution in [0.2, 0.25) is 0 Å². The molecule has 1 fully saturated rings. The molecule has 0 aliphatic heterocycles. The van der Waals surface area contributed by atoms with Gasteiger partial charge in [-0.2, -0.15) is 0 Å². The van der Waals surface area contributed by atoms with Crippen molar-refractivity contribution < 1.29 is 14.3 Å². The summed E-state index contributed by atoms with van der Waals surface area (Å²) in [6.07, 6.45) is 8.82. The molecule has 0 radical (unpaired) electrons. The molecule has 0 bridgehead atoms. The third-order valence-electron chi connectivity index (χ3n) is 5.12. The van der Waals surface area contributed by atoms with Gasteiger partial charge in [-0.25, -0.2) is 9.18 Å². The summed E-state index contributed by atoms with van der Waals surface area (Å²) in [5.41, 5.74) is 0.565. The molecule has 3 atom stereocenters. The molecule has 4 nitrogen and oxygen atoms in total. The molecule has 2 aliphatic carbocycles. The molecule has 3 rings (SSSR count). The Morgan fingerprint density at radius 2 is 2.00 bits per heavy atom. The second kappa shape index (κ2) is 7.79. The van der Waals surface area contributed by atoms with Crippen LogP contribution >= 0.6 is 0 Å². The molecule has 24 heavy (non-hydrogen) atoms. The summed E-state index contributed by atoms with van der Waals surface area (Å²) in [4.78, 5) is 12.4. The van der Waals surface area contributed by atoms with Crippen LogP contribution in [0.15, 0.2) is 36.4 Å². The van der Waals surface area contributed by atoms with Gasteiger partial charge in [0.2, 0.25) is 0 Å². The summed E-state index contributed by atoms with van der Waals surface area (Å²) in [6.45, 7) is 0.0935. The van der Waals surface area contributed by atoms with Crippen molar-refractivity contribution in [3.63, 3.8) is 0 Å². The predicted molar refractivity (Wildman–Crippen MR) is 90.9 cm³/mol. The predicted octanol–water partition coefficient (Wildman–Crippen LogP) is 3.29. The Balaban J connectivity index is 1.67. The third-order valence-corrected chi connectivity index (χ3v) is 5.12. The van der Waals surface area contributed by atoms with Gasteiger partial charge in [0.25, 0.3) is 0 Å². The van der Waals surface area contributed by atoms with E-state index in [1.54, 1.807) is 12.1 Å². The summed E-state index contributed by atoms with van der Waals surface area (Å²) < 4.78 is 14.2. The fourth-order valence-corrected chi connectivity index (χ4v) is 3.84. The zero-order chi connectivity index (χ0) is 16.9. The highest BCUT2D eigenvalue weighted by atomic mass is 19.1. The molecule has 1 aromatic carbocycles. The number of carbonyl (C=O) groups is 1. The van der Waals surface area contributed by atoms with E-state index in [-0.39, 0.29) is 42.4 Å². The van der Waals surface area contributed by atoms with E-state index in [9.17, 15) is 9.18 Å². The number of rotatable bonds is 5. The van der Waals surface area contributed by atoms with Crippen LogP contribution in [-0.2, 0) is 0 Å². The fourth-order valence-electron chi connectivity index (χ4n) is 3.84. The lowest BCUT2D eigenvalue weighted by molar-refractivity contribution is 0.223. The molecule has 0 saturated heterocycles. The smallest absolute Gasteiger partial charge is 0.315 e. The first-order chi connectivity index (χ1) is 11.7.